The van der Waals surface area contributed by atoms with Crippen LogP contribution in [0.25, 0.3) is 0 Å². The minimum atomic E-state index is -0.418. The molecule has 2 aromatic carbocycles. The van der Waals surface area contributed by atoms with E-state index in [1.54, 1.807) is 19.2 Å². The number of halogens is 1. The second-order valence-electron chi connectivity index (χ2n) is 6.54. The van der Waals surface area contributed by atoms with Gasteiger partial charge in [0.05, 0.1) is 0 Å². The minimum absolute atomic E-state index is 0.330. The summed E-state index contributed by atoms with van der Waals surface area (Å²) in [6, 6.07) is 16.0. The molecule has 4 N–H and O–H groups in total. The van der Waals surface area contributed by atoms with Crippen LogP contribution in [0, 0.1) is 0 Å². The Balaban J connectivity index is 1.53. The first-order chi connectivity index (χ1) is 13.0. The number of nitrogens with one attached hydrogen (secondary N) is 2. The Bertz CT molecular complexity index is 821. The summed E-state index contributed by atoms with van der Waals surface area (Å²) in [5.74, 6) is 0.334. The molecule has 27 heavy (non-hydrogen) atoms. The molecule has 0 bridgehead atoms. The Morgan fingerprint density at radius 1 is 1.30 bits per heavy atom. The molecule has 1 amide bonds. The van der Waals surface area contributed by atoms with Gasteiger partial charge in [-0.3, -0.25) is 9.79 Å². The van der Waals surface area contributed by atoms with Crippen molar-refractivity contribution in [1.29, 1.82) is 0 Å². The fourth-order valence-corrected chi connectivity index (χ4v) is 3.44. The molecular weight excluding hydrogens is 406 g/mol. The summed E-state index contributed by atoms with van der Waals surface area (Å²) in [5, 5.41) is 6.78. The Hall–Kier alpha value is -2.54. The van der Waals surface area contributed by atoms with Crippen LogP contribution in [-0.4, -0.2) is 38.0 Å². The van der Waals surface area contributed by atoms with E-state index in [1.165, 1.54) is 5.69 Å². The summed E-state index contributed by atoms with van der Waals surface area (Å²) in [4.78, 5) is 18.0. The highest BCUT2D eigenvalue weighted by Gasteiger charge is 2.23. The SMILES string of the molecule is CN=C(NCc1cccc(C(N)=O)c1)NC1CCN(c2ccc(Br)cc2)C1. The molecular formula is C20H24BrN5O. The predicted octanol–water partition coefficient (Wildman–Crippen LogP) is 2.49. The molecule has 1 heterocycles. The Morgan fingerprint density at radius 3 is 2.78 bits per heavy atom. The zero-order valence-electron chi connectivity index (χ0n) is 15.3. The maximum Gasteiger partial charge on any atom is 0.248 e. The zero-order chi connectivity index (χ0) is 19.2. The van der Waals surface area contributed by atoms with Crippen molar-refractivity contribution in [2.24, 2.45) is 10.7 Å². The number of benzene rings is 2. The smallest absolute Gasteiger partial charge is 0.248 e. The van der Waals surface area contributed by atoms with Crippen molar-refractivity contribution in [3.63, 3.8) is 0 Å². The first kappa shape index (κ1) is 19.2. The van der Waals surface area contributed by atoms with Gasteiger partial charge >= 0.3 is 0 Å². The van der Waals surface area contributed by atoms with Crippen molar-refractivity contribution < 1.29 is 4.79 Å². The molecule has 6 nitrogen and oxygen atoms in total. The summed E-state index contributed by atoms with van der Waals surface area (Å²) < 4.78 is 1.09. The van der Waals surface area contributed by atoms with Crippen LogP contribution < -0.4 is 21.3 Å². The topological polar surface area (TPSA) is 82.7 Å². The van der Waals surface area contributed by atoms with E-state index in [2.05, 4.69) is 60.7 Å². The van der Waals surface area contributed by atoms with E-state index in [1.807, 2.05) is 12.1 Å². The molecule has 1 aliphatic rings. The zero-order valence-corrected chi connectivity index (χ0v) is 16.9. The van der Waals surface area contributed by atoms with Crippen LogP contribution >= 0.6 is 15.9 Å². The number of carbonyl (C=O) groups is 1. The molecule has 0 radical (unpaired) electrons. The van der Waals surface area contributed by atoms with Gasteiger partial charge in [-0.05, 0) is 48.4 Å². The normalized spacial score (nSPS) is 17.0. The Labute approximate surface area is 168 Å². The van der Waals surface area contributed by atoms with E-state index in [4.69, 9.17) is 5.73 Å². The maximum atomic E-state index is 11.3. The van der Waals surface area contributed by atoms with Crippen molar-refractivity contribution in [2.75, 3.05) is 25.0 Å². The summed E-state index contributed by atoms with van der Waals surface area (Å²) in [6.07, 6.45) is 1.05. The molecule has 0 aliphatic carbocycles. The molecule has 7 heteroatoms. The van der Waals surface area contributed by atoms with Crippen LogP contribution in [-0.2, 0) is 6.54 Å². The lowest BCUT2D eigenvalue weighted by molar-refractivity contribution is 0.1000. The summed E-state index contributed by atoms with van der Waals surface area (Å²) in [5.41, 5.74) is 8.07. The summed E-state index contributed by atoms with van der Waals surface area (Å²) in [7, 11) is 1.76. The number of nitrogens with zero attached hydrogens (tertiary/aromatic N) is 2. The Morgan fingerprint density at radius 2 is 2.07 bits per heavy atom. The number of nitrogens with two attached hydrogens (primary N) is 1. The van der Waals surface area contributed by atoms with Crippen LogP contribution in [0.2, 0.25) is 0 Å². The third-order valence-electron chi connectivity index (χ3n) is 4.62. The van der Waals surface area contributed by atoms with E-state index in [0.717, 1.165) is 35.5 Å². The second-order valence-corrected chi connectivity index (χ2v) is 7.46. The van der Waals surface area contributed by atoms with Gasteiger partial charge in [0.2, 0.25) is 5.91 Å². The number of rotatable bonds is 5. The van der Waals surface area contributed by atoms with E-state index in [0.29, 0.717) is 18.2 Å². The number of hydrogen-bond acceptors (Lipinski definition) is 3. The van der Waals surface area contributed by atoms with Crippen molar-refractivity contribution >= 4 is 33.5 Å². The largest absolute Gasteiger partial charge is 0.369 e. The van der Waals surface area contributed by atoms with Crippen molar-refractivity contribution in [3.05, 3.63) is 64.1 Å². The number of hydrogen-bond donors (Lipinski definition) is 3. The average molecular weight is 430 g/mol. The monoisotopic (exact) mass is 429 g/mol. The number of guanidine groups is 1. The maximum absolute atomic E-state index is 11.3. The lowest BCUT2D eigenvalue weighted by Gasteiger charge is -2.20. The van der Waals surface area contributed by atoms with Crippen molar-refractivity contribution in [2.45, 2.75) is 19.0 Å². The predicted molar refractivity (Wildman–Crippen MR) is 113 cm³/mol. The molecule has 0 aromatic heterocycles. The van der Waals surface area contributed by atoms with Gasteiger partial charge in [-0.15, -0.1) is 0 Å². The lowest BCUT2D eigenvalue weighted by Crippen LogP contribution is -2.44. The Kier molecular flexibility index (Phi) is 6.34. The van der Waals surface area contributed by atoms with Crippen LogP contribution in [0.1, 0.15) is 22.3 Å². The number of carbonyl (C=O) groups excluding carboxylic acids is 1. The van der Waals surface area contributed by atoms with Gasteiger partial charge in [0.1, 0.15) is 0 Å². The van der Waals surface area contributed by atoms with Gasteiger partial charge in [0.25, 0.3) is 0 Å². The second kappa shape index (κ2) is 8.90. The molecule has 1 fully saturated rings. The first-order valence-corrected chi connectivity index (χ1v) is 9.71. The van der Waals surface area contributed by atoms with E-state index in [-0.39, 0.29) is 0 Å². The average Bonchev–Trinajstić information content (AvgIpc) is 3.14. The quantitative estimate of drug-likeness (QED) is 0.503. The third-order valence-corrected chi connectivity index (χ3v) is 5.14. The molecule has 1 atom stereocenters. The highest BCUT2D eigenvalue weighted by atomic mass is 79.9. The van der Waals surface area contributed by atoms with Gasteiger partial charge < -0.3 is 21.3 Å². The van der Waals surface area contributed by atoms with E-state index >= 15 is 0 Å². The fraction of sp³-hybridized carbons (Fsp3) is 0.300. The summed E-state index contributed by atoms with van der Waals surface area (Å²) in [6.45, 7) is 2.51. The minimum Gasteiger partial charge on any atom is -0.369 e. The van der Waals surface area contributed by atoms with Gasteiger partial charge in [-0.25, -0.2) is 0 Å². The number of amides is 1. The highest BCUT2D eigenvalue weighted by Crippen LogP contribution is 2.22. The van der Waals surface area contributed by atoms with Gasteiger partial charge in [-0.2, -0.15) is 0 Å². The van der Waals surface area contributed by atoms with Crippen LogP contribution in [0.15, 0.2) is 58.0 Å². The van der Waals surface area contributed by atoms with E-state index in [9.17, 15) is 4.79 Å². The van der Waals surface area contributed by atoms with Gasteiger partial charge in [0, 0.05) is 48.4 Å². The first-order valence-electron chi connectivity index (χ1n) is 8.91. The fourth-order valence-electron chi connectivity index (χ4n) is 3.17. The molecule has 2 aromatic rings. The van der Waals surface area contributed by atoms with E-state index < -0.39 is 5.91 Å². The summed E-state index contributed by atoms with van der Waals surface area (Å²) >= 11 is 3.48. The number of aliphatic imine (C=N–C) groups is 1. The molecule has 0 saturated carbocycles. The number of anilines is 1. The molecule has 1 aliphatic heterocycles. The van der Waals surface area contributed by atoms with Crippen molar-refractivity contribution in [1.82, 2.24) is 10.6 Å². The number of primary amides is 1. The standard InChI is InChI=1S/C20H24BrN5O/c1-23-20(24-12-14-3-2-4-15(11-14)19(22)27)25-17-9-10-26(13-17)18-7-5-16(21)6-8-18/h2-8,11,17H,9-10,12-13H2,1H3,(H2,22,27)(H2,23,24,25). The van der Waals surface area contributed by atoms with Crippen LogP contribution in [0.3, 0.4) is 0 Å². The molecule has 142 valence electrons. The van der Waals surface area contributed by atoms with Crippen LogP contribution in [0.4, 0.5) is 5.69 Å². The highest BCUT2D eigenvalue weighted by molar-refractivity contribution is 9.10. The van der Waals surface area contributed by atoms with Crippen molar-refractivity contribution in [3.8, 4) is 0 Å². The lowest BCUT2D eigenvalue weighted by atomic mass is 10.1. The molecule has 0 spiro atoms. The third kappa shape index (κ3) is 5.23. The molecule has 1 saturated heterocycles. The van der Waals surface area contributed by atoms with Crippen LogP contribution in [0.5, 0.6) is 0 Å². The molecule has 1 unspecified atom stereocenters. The molecule has 3 rings (SSSR count). The van der Waals surface area contributed by atoms with Gasteiger partial charge in [0.15, 0.2) is 5.96 Å². The van der Waals surface area contributed by atoms with Gasteiger partial charge in [-0.1, -0.05) is 28.1 Å².